The fourth-order valence-corrected chi connectivity index (χ4v) is 3.94. The number of hydrogen-bond acceptors (Lipinski definition) is 3. The van der Waals surface area contributed by atoms with Crippen molar-refractivity contribution in [2.24, 2.45) is 0 Å². The first kappa shape index (κ1) is 20.1. The molecule has 2 amide bonds. The molecule has 1 aliphatic rings. The lowest BCUT2D eigenvalue weighted by Crippen LogP contribution is -2.50. The molecular weight excluding hydrogens is 354 g/mol. The van der Waals surface area contributed by atoms with Gasteiger partial charge in [-0.15, -0.1) is 0 Å². The van der Waals surface area contributed by atoms with E-state index in [9.17, 15) is 9.59 Å². The van der Waals surface area contributed by atoms with Gasteiger partial charge in [0, 0.05) is 19.1 Å². The molecule has 6 heteroatoms. The molecule has 28 heavy (non-hydrogen) atoms. The Morgan fingerprint density at radius 2 is 1.86 bits per heavy atom. The van der Waals surface area contributed by atoms with Gasteiger partial charge in [-0.3, -0.25) is 9.69 Å². The average Bonchev–Trinajstić information content (AvgIpc) is 2.71. The average molecular weight is 383 g/mol. The van der Waals surface area contributed by atoms with Crippen LogP contribution in [0.5, 0.6) is 0 Å². The van der Waals surface area contributed by atoms with E-state index < -0.39 is 5.97 Å². The summed E-state index contributed by atoms with van der Waals surface area (Å²) in [4.78, 5) is 27.5. The van der Waals surface area contributed by atoms with Crippen LogP contribution in [0.15, 0.2) is 42.5 Å². The third kappa shape index (κ3) is 4.81. The molecule has 0 aromatic heterocycles. The number of amides is 2. The van der Waals surface area contributed by atoms with Crippen LogP contribution >= 0.6 is 0 Å². The number of carbonyl (C=O) groups excluding carboxylic acids is 1. The summed E-state index contributed by atoms with van der Waals surface area (Å²) >= 11 is 0. The maximum absolute atomic E-state index is 12.7. The fourth-order valence-electron chi connectivity index (χ4n) is 3.94. The molecule has 1 aliphatic heterocycles. The number of carbonyl (C=O) groups is 2. The van der Waals surface area contributed by atoms with Crippen LogP contribution in [-0.2, 0) is 4.79 Å². The number of aliphatic carboxylic acids is 1. The van der Waals surface area contributed by atoms with E-state index >= 15 is 0 Å². The van der Waals surface area contributed by atoms with Gasteiger partial charge in [-0.2, -0.15) is 0 Å². The number of urea groups is 1. The van der Waals surface area contributed by atoms with Gasteiger partial charge < -0.3 is 15.3 Å². The third-order valence-electron chi connectivity index (χ3n) is 5.63. The Hall–Kier alpha value is -2.60. The lowest BCUT2D eigenvalue weighted by molar-refractivity contribution is -0.139. The molecule has 0 bridgehead atoms. The van der Waals surface area contributed by atoms with Crippen LogP contribution in [0, 0.1) is 0 Å². The first-order chi connectivity index (χ1) is 13.5. The van der Waals surface area contributed by atoms with Gasteiger partial charge >= 0.3 is 12.0 Å². The highest BCUT2D eigenvalue weighted by Crippen LogP contribution is 2.21. The Bertz CT molecular complexity index is 831. The standard InChI is InChI=1S/C22H29N3O3/c1-3-24(15-21(26)27)20-10-12-25(13-11-20)22(28)23-16(2)18-9-8-17-6-4-5-7-19(17)14-18/h4-9,14,16,20H,3,10-13,15H2,1-2H3,(H,23,28)(H,26,27). The lowest BCUT2D eigenvalue weighted by Gasteiger charge is -2.37. The van der Waals surface area contributed by atoms with Crippen molar-refractivity contribution in [1.82, 2.24) is 15.1 Å². The van der Waals surface area contributed by atoms with Crippen molar-refractivity contribution in [1.29, 1.82) is 0 Å². The maximum atomic E-state index is 12.7. The smallest absolute Gasteiger partial charge is 0.317 e. The predicted octanol–water partition coefficient (Wildman–Crippen LogP) is 3.48. The third-order valence-corrected chi connectivity index (χ3v) is 5.63. The summed E-state index contributed by atoms with van der Waals surface area (Å²) in [5.41, 5.74) is 1.08. The number of fused-ring (bicyclic) bond motifs is 1. The first-order valence-electron chi connectivity index (χ1n) is 9.98. The highest BCUT2D eigenvalue weighted by molar-refractivity contribution is 5.83. The second-order valence-electron chi connectivity index (χ2n) is 7.45. The molecule has 1 atom stereocenters. The Balaban J connectivity index is 1.55. The molecule has 3 rings (SSSR count). The van der Waals surface area contributed by atoms with Crippen LogP contribution in [-0.4, -0.2) is 59.1 Å². The molecular formula is C22H29N3O3. The van der Waals surface area contributed by atoms with Gasteiger partial charge in [0.25, 0.3) is 0 Å². The summed E-state index contributed by atoms with van der Waals surface area (Å²) in [6, 6.07) is 14.6. The molecule has 0 radical (unpaired) electrons. The van der Waals surface area contributed by atoms with Crippen LogP contribution in [0.3, 0.4) is 0 Å². The molecule has 6 nitrogen and oxygen atoms in total. The predicted molar refractivity (Wildman–Crippen MR) is 110 cm³/mol. The highest BCUT2D eigenvalue weighted by atomic mass is 16.4. The SMILES string of the molecule is CCN(CC(=O)O)C1CCN(C(=O)NC(C)c2ccc3ccccc3c2)CC1. The molecule has 2 N–H and O–H groups in total. The van der Waals surface area contributed by atoms with Crippen LogP contribution in [0.4, 0.5) is 4.79 Å². The van der Waals surface area contributed by atoms with E-state index in [1.54, 1.807) is 0 Å². The summed E-state index contributed by atoms with van der Waals surface area (Å²) in [7, 11) is 0. The summed E-state index contributed by atoms with van der Waals surface area (Å²) < 4.78 is 0. The van der Waals surface area contributed by atoms with Gasteiger partial charge in [0.1, 0.15) is 0 Å². The second kappa shape index (κ2) is 9.06. The Labute approximate surface area is 166 Å². The summed E-state index contributed by atoms with van der Waals surface area (Å²) in [6.07, 6.45) is 1.61. The number of carboxylic acids is 1. The van der Waals surface area contributed by atoms with Gasteiger partial charge in [0.15, 0.2) is 0 Å². The van der Waals surface area contributed by atoms with Gasteiger partial charge in [-0.25, -0.2) is 4.79 Å². The highest BCUT2D eigenvalue weighted by Gasteiger charge is 2.27. The van der Waals surface area contributed by atoms with Crippen molar-refractivity contribution >= 4 is 22.8 Å². The minimum atomic E-state index is -0.800. The zero-order valence-electron chi connectivity index (χ0n) is 16.6. The number of likely N-dealkylation sites (N-methyl/N-ethyl adjacent to an activating group) is 1. The fraction of sp³-hybridized carbons (Fsp3) is 0.455. The zero-order chi connectivity index (χ0) is 20.1. The van der Waals surface area contributed by atoms with Gasteiger partial charge in [0.2, 0.25) is 0 Å². The van der Waals surface area contributed by atoms with Gasteiger partial charge in [-0.1, -0.05) is 43.3 Å². The number of piperidine rings is 1. The van der Waals surface area contributed by atoms with Crippen molar-refractivity contribution in [2.45, 2.75) is 38.8 Å². The minimum Gasteiger partial charge on any atom is -0.480 e. The Morgan fingerprint density at radius 3 is 2.50 bits per heavy atom. The quantitative estimate of drug-likeness (QED) is 0.801. The zero-order valence-corrected chi connectivity index (χ0v) is 16.6. The number of likely N-dealkylation sites (tertiary alicyclic amines) is 1. The van der Waals surface area contributed by atoms with Crippen molar-refractivity contribution in [2.75, 3.05) is 26.2 Å². The summed E-state index contributed by atoms with van der Waals surface area (Å²) in [5, 5.41) is 14.5. The topological polar surface area (TPSA) is 72.9 Å². The van der Waals surface area contributed by atoms with Crippen LogP contribution in [0.25, 0.3) is 10.8 Å². The van der Waals surface area contributed by atoms with Crippen molar-refractivity contribution < 1.29 is 14.7 Å². The summed E-state index contributed by atoms with van der Waals surface area (Å²) in [6.45, 7) is 6.05. The lowest BCUT2D eigenvalue weighted by atomic mass is 10.0. The molecule has 2 aromatic carbocycles. The van der Waals surface area contributed by atoms with Gasteiger partial charge in [0.05, 0.1) is 12.6 Å². The Morgan fingerprint density at radius 1 is 1.18 bits per heavy atom. The van der Waals surface area contributed by atoms with E-state index in [1.165, 1.54) is 10.8 Å². The molecule has 150 valence electrons. The minimum absolute atomic E-state index is 0.0552. The van der Waals surface area contributed by atoms with Crippen LogP contribution in [0.1, 0.15) is 38.3 Å². The van der Waals surface area contributed by atoms with Crippen LogP contribution in [0.2, 0.25) is 0 Å². The van der Waals surface area contributed by atoms with E-state index in [1.807, 2.05) is 35.8 Å². The molecule has 1 unspecified atom stereocenters. The molecule has 0 aliphatic carbocycles. The molecule has 0 saturated carbocycles. The maximum Gasteiger partial charge on any atom is 0.317 e. The second-order valence-corrected chi connectivity index (χ2v) is 7.45. The van der Waals surface area contributed by atoms with Crippen molar-refractivity contribution in [3.05, 3.63) is 48.0 Å². The van der Waals surface area contributed by atoms with E-state index in [0.29, 0.717) is 19.6 Å². The number of nitrogens with zero attached hydrogens (tertiary/aromatic N) is 2. The largest absolute Gasteiger partial charge is 0.480 e. The monoisotopic (exact) mass is 383 g/mol. The molecule has 2 aromatic rings. The molecule has 1 saturated heterocycles. The normalized spacial score (nSPS) is 16.3. The number of carboxylic acid groups (broad SMARTS) is 1. The molecule has 1 heterocycles. The van der Waals surface area contributed by atoms with E-state index in [0.717, 1.165) is 18.4 Å². The van der Waals surface area contributed by atoms with Crippen molar-refractivity contribution in [3.8, 4) is 0 Å². The number of nitrogens with one attached hydrogen (secondary N) is 1. The van der Waals surface area contributed by atoms with Crippen molar-refractivity contribution in [3.63, 3.8) is 0 Å². The number of benzene rings is 2. The van der Waals surface area contributed by atoms with Gasteiger partial charge in [-0.05, 0) is 48.7 Å². The number of hydrogen-bond donors (Lipinski definition) is 2. The Kier molecular flexibility index (Phi) is 6.52. The first-order valence-corrected chi connectivity index (χ1v) is 9.98. The van der Waals surface area contributed by atoms with E-state index in [-0.39, 0.29) is 24.7 Å². The molecule has 0 spiro atoms. The van der Waals surface area contributed by atoms with E-state index in [4.69, 9.17) is 5.11 Å². The summed E-state index contributed by atoms with van der Waals surface area (Å²) in [5.74, 6) is -0.800. The number of rotatable bonds is 6. The van der Waals surface area contributed by atoms with Crippen LogP contribution < -0.4 is 5.32 Å². The molecule has 1 fully saturated rings. The van der Waals surface area contributed by atoms with E-state index in [2.05, 4.69) is 35.6 Å².